The molecule has 0 saturated heterocycles. The lowest BCUT2D eigenvalue weighted by molar-refractivity contribution is 0.619. The summed E-state index contributed by atoms with van der Waals surface area (Å²) in [6, 6.07) is 70.9. The number of benzene rings is 8. The molecule has 0 saturated carbocycles. The van der Waals surface area contributed by atoms with Crippen molar-refractivity contribution >= 4 is 98.3 Å². The lowest BCUT2D eigenvalue weighted by Crippen LogP contribution is -2.17. The van der Waals surface area contributed by atoms with E-state index in [0.717, 1.165) is 110 Å². The van der Waals surface area contributed by atoms with Gasteiger partial charge in [0.05, 0.1) is 103 Å². The summed E-state index contributed by atoms with van der Waals surface area (Å²) in [6.07, 6.45) is 15.4. The van der Waals surface area contributed by atoms with Crippen LogP contribution in [-0.2, 0) is 0 Å². The molecule has 18 aromatic rings. The number of hydrogen-bond donors (Lipinski definition) is 0. The van der Waals surface area contributed by atoms with E-state index in [4.69, 9.17) is 44.3 Å². The van der Waals surface area contributed by atoms with E-state index in [9.17, 15) is 0 Å². The number of hydrogen-bond acceptors (Lipinski definition) is 9. The van der Waals surface area contributed by atoms with Crippen molar-refractivity contribution in [1.82, 2.24) is 58.1 Å². The first kappa shape index (κ1) is 46.8. The highest BCUT2D eigenvalue weighted by molar-refractivity contribution is 6.18. The van der Waals surface area contributed by atoms with Gasteiger partial charge in [0, 0.05) is 79.0 Å². The predicted molar refractivity (Wildman–Crippen MR) is 338 cm³/mol. The maximum absolute atomic E-state index is 7.40. The number of para-hydroxylation sites is 6. The van der Waals surface area contributed by atoms with Crippen molar-refractivity contribution in [3.05, 3.63) is 256 Å². The second kappa shape index (κ2) is 18.3. The van der Waals surface area contributed by atoms with Gasteiger partial charge in [-0.25, -0.2) is 19.9 Å². The van der Waals surface area contributed by atoms with Crippen molar-refractivity contribution in [2.24, 2.45) is 0 Å². The fraction of sp³-hybridized carbons (Fsp3) is 0. The molecule has 0 aliphatic carbocycles. The summed E-state index contributed by atoms with van der Waals surface area (Å²) in [6.45, 7) is 0. The average molecular weight is 1090 g/mol. The molecular weight excluding hydrogens is 1050 g/mol. The van der Waals surface area contributed by atoms with Gasteiger partial charge in [0.1, 0.15) is 5.52 Å². The lowest BCUT2D eigenvalue weighted by Gasteiger charge is -2.29. The van der Waals surface area contributed by atoms with Gasteiger partial charge in [0.25, 0.3) is 0 Å². The molecule has 13 heteroatoms. The maximum atomic E-state index is 7.40. The molecule has 0 unspecified atom stereocenters. The van der Waals surface area contributed by atoms with Crippen LogP contribution in [0.2, 0.25) is 0 Å². The van der Waals surface area contributed by atoms with Gasteiger partial charge in [0.15, 0.2) is 23.1 Å². The fourth-order valence-corrected chi connectivity index (χ4v) is 13.1. The van der Waals surface area contributed by atoms with Crippen molar-refractivity contribution in [3.8, 4) is 68.4 Å². The van der Waals surface area contributed by atoms with Crippen LogP contribution in [0.5, 0.6) is 0 Å². The molecule has 18 rings (SSSR count). The molecule has 10 aromatic heterocycles. The molecule has 8 aromatic carbocycles. The number of pyridine rings is 4. The zero-order valence-corrected chi connectivity index (χ0v) is 45.0. The van der Waals surface area contributed by atoms with Gasteiger partial charge in [-0.2, -0.15) is 0 Å². The Hall–Kier alpha value is -12.0. The summed E-state index contributed by atoms with van der Waals surface area (Å²) < 4.78 is 16.9. The summed E-state index contributed by atoms with van der Waals surface area (Å²) in [5, 5.41) is 8.16. The Morgan fingerprint density at radius 1 is 0.259 bits per heavy atom. The van der Waals surface area contributed by atoms with Crippen LogP contribution in [0, 0.1) is 0 Å². The van der Waals surface area contributed by atoms with Crippen LogP contribution in [0.3, 0.4) is 0 Å². The molecule has 85 heavy (non-hydrogen) atoms. The molecule has 0 bridgehead atoms. The van der Waals surface area contributed by atoms with Gasteiger partial charge in [-0.3, -0.25) is 19.9 Å². The zero-order chi connectivity index (χ0) is 55.7. The van der Waals surface area contributed by atoms with Crippen molar-refractivity contribution < 1.29 is 4.42 Å². The summed E-state index contributed by atoms with van der Waals surface area (Å²) in [7, 11) is 0. The Morgan fingerprint density at radius 3 is 1.00 bits per heavy atom. The molecule has 13 nitrogen and oxygen atoms in total. The van der Waals surface area contributed by atoms with Gasteiger partial charge >= 0.3 is 0 Å². The van der Waals surface area contributed by atoms with E-state index in [0.29, 0.717) is 57.0 Å². The molecule has 0 amide bonds. The highest BCUT2D eigenvalue weighted by Crippen LogP contribution is 2.54. The molecule has 0 fully saturated rings. The SMILES string of the molecule is c1ccc(-c2nc(-c3ccccc3)nc(-c3c(-c4nc5ccccc5o4)c(-n4c5ccccc5c5ccncc54)c(-n4c5ccccc5c5ccncc54)c(-n4c5ccccc5c5ccncc54)c3-n3c4ccccc4c4ccncc43)n2)cc1. The Balaban J connectivity index is 1.22. The van der Waals surface area contributed by atoms with E-state index in [1.807, 2.05) is 135 Å². The normalized spacial score (nSPS) is 12.0. The van der Waals surface area contributed by atoms with Crippen LogP contribution < -0.4 is 0 Å². The monoisotopic (exact) mass is 1090 g/mol. The predicted octanol–water partition coefficient (Wildman–Crippen LogP) is 16.6. The topological polar surface area (TPSA) is 136 Å². The molecule has 0 aliphatic rings. The molecule has 0 N–H and O–H groups in total. The Morgan fingerprint density at radius 2 is 0.588 bits per heavy atom. The van der Waals surface area contributed by atoms with Gasteiger partial charge in [0.2, 0.25) is 5.89 Å². The molecule has 396 valence electrons. The van der Waals surface area contributed by atoms with Crippen LogP contribution in [0.15, 0.2) is 260 Å². The summed E-state index contributed by atoms with van der Waals surface area (Å²) in [5.41, 5.74) is 14.2. The average Bonchev–Trinajstić information content (AvgIpc) is 1.70. The van der Waals surface area contributed by atoms with Crippen LogP contribution in [0.25, 0.3) is 167 Å². The third-order valence-corrected chi connectivity index (χ3v) is 16.6. The van der Waals surface area contributed by atoms with E-state index in [1.54, 1.807) is 0 Å². The second-order valence-corrected chi connectivity index (χ2v) is 21.2. The minimum Gasteiger partial charge on any atom is -0.436 e. The van der Waals surface area contributed by atoms with Crippen LogP contribution in [0.1, 0.15) is 0 Å². The number of fused-ring (bicyclic) bond motifs is 13. The molecule has 0 aliphatic heterocycles. The Bertz CT molecular complexity index is 5450. The number of nitrogens with zero attached hydrogens (tertiary/aromatic N) is 12. The first-order valence-electron chi connectivity index (χ1n) is 28.0. The van der Waals surface area contributed by atoms with Crippen molar-refractivity contribution in [1.29, 1.82) is 0 Å². The first-order chi connectivity index (χ1) is 42.2. The van der Waals surface area contributed by atoms with Gasteiger partial charge in [-0.1, -0.05) is 146 Å². The summed E-state index contributed by atoms with van der Waals surface area (Å²) in [5.74, 6) is 1.65. The van der Waals surface area contributed by atoms with E-state index < -0.39 is 0 Å². The third-order valence-electron chi connectivity index (χ3n) is 16.6. The molecule has 0 atom stereocenters. The largest absolute Gasteiger partial charge is 0.436 e. The first-order valence-corrected chi connectivity index (χ1v) is 28.0. The second-order valence-electron chi connectivity index (χ2n) is 21.2. The molecule has 10 heterocycles. The Labute approximate surface area is 482 Å². The summed E-state index contributed by atoms with van der Waals surface area (Å²) in [4.78, 5) is 42.3. The van der Waals surface area contributed by atoms with Crippen LogP contribution in [0.4, 0.5) is 0 Å². The van der Waals surface area contributed by atoms with Crippen molar-refractivity contribution in [2.45, 2.75) is 0 Å². The fourth-order valence-electron chi connectivity index (χ4n) is 13.1. The van der Waals surface area contributed by atoms with Gasteiger partial charge < -0.3 is 22.7 Å². The van der Waals surface area contributed by atoms with Crippen LogP contribution >= 0.6 is 0 Å². The third kappa shape index (κ3) is 6.86. The van der Waals surface area contributed by atoms with Gasteiger partial charge in [-0.05, 0) is 60.7 Å². The van der Waals surface area contributed by atoms with E-state index in [1.165, 1.54) is 0 Å². The smallest absolute Gasteiger partial charge is 0.230 e. The highest BCUT2D eigenvalue weighted by Gasteiger charge is 2.38. The standard InChI is InChI=1S/C72H42N12O/c1-3-17-43(18-4-1)69-78-70(44-19-5-2-6-20-44)80-71(79-69)63-64(72-77-53-25-11-16-30-62(53)85-72)66(82-55-27-13-8-22-46(55)50-32-36-74-40-59(50)82)68(84-57-29-15-10-24-48(57)52-34-38-76-42-61(52)84)67(83-56-28-14-9-23-47(56)51-33-37-75-41-60(51)83)65(63)81-54-26-12-7-21-45(54)49-31-35-73-39-58(49)81/h1-42H. The zero-order valence-electron chi connectivity index (χ0n) is 45.0. The number of oxazole rings is 1. The highest BCUT2D eigenvalue weighted by atomic mass is 16.3. The van der Waals surface area contributed by atoms with Gasteiger partial charge in [-0.15, -0.1) is 0 Å². The quantitative estimate of drug-likeness (QED) is 0.146. The van der Waals surface area contributed by atoms with E-state index in [-0.39, 0.29) is 0 Å². The van der Waals surface area contributed by atoms with Crippen molar-refractivity contribution in [2.75, 3.05) is 0 Å². The number of aromatic nitrogens is 12. The minimum absolute atomic E-state index is 0.333. The lowest BCUT2D eigenvalue weighted by atomic mass is 9.95. The molecule has 0 radical (unpaired) electrons. The van der Waals surface area contributed by atoms with Crippen molar-refractivity contribution in [3.63, 3.8) is 0 Å². The van der Waals surface area contributed by atoms with E-state index in [2.05, 4.69) is 140 Å². The molecule has 0 spiro atoms. The number of rotatable bonds is 8. The van der Waals surface area contributed by atoms with E-state index >= 15 is 0 Å². The van der Waals surface area contributed by atoms with Crippen LogP contribution in [-0.4, -0.2) is 58.1 Å². The Kier molecular flexibility index (Phi) is 10.1. The maximum Gasteiger partial charge on any atom is 0.230 e. The summed E-state index contributed by atoms with van der Waals surface area (Å²) >= 11 is 0. The minimum atomic E-state index is 0.333. The molecular formula is C72H42N12O.